The summed E-state index contributed by atoms with van der Waals surface area (Å²) >= 11 is 0. The van der Waals surface area contributed by atoms with Crippen LogP contribution in [0.2, 0.25) is 0 Å². The molecule has 4 atom stereocenters. The van der Waals surface area contributed by atoms with Gasteiger partial charge in [-0.15, -0.1) is 0 Å². The van der Waals surface area contributed by atoms with Crippen LogP contribution < -0.4 is 16.1 Å². The van der Waals surface area contributed by atoms with Gasteiger partial charge in [-0.25, -0.2) is 9.59 Å². The molecule has 2 unspecified atom stereocenters. The van der Waals surface area contributed by atoms with E-state index in [0.29, 0.717) is 32.1 Å². The Hall–Kier alpha value is -3.76. The van der Waals surface area contributed by atoms with Crippen LogP contribution in [0.3, 0.4) is 0 Å². The fourth-order valence-electron chi connectivity index (χ4n) is 5.25. The van der Waals surface area contributed by atoms with Gasteiger partial charge in [0.2, 0.25) is 0 Å². The zero-order valence-corrected chi connectivity index (χ0v) is 24.3. The Morgan fingerprint density at radius 1 is 0.854 bits per heavy atom. The van der Waals surface area contributed by atoms with Gasteiger partial charge < -0.3 is 30.4 Å². The topological polar surface area (TPSA) is 148 Å². The van der Waals surface area contributed by atoms with Gasteiger partial charge in [0.05, 0.1) is 12.1 Å². The van der Waals surface area contributed by atoms with Crippen LogP contribution >= 0.6 is 0 Å². The lowest BCUT2D eigenvalue weighted by molar-refractivity contribution is -0.125. The van der Waals surface area contributed by atoms with Gasteiger partial charge in [-0.05, 0) is 48.8 Å². The van der Waals surface area contributed by atoms with Crippen molar-refractivity contribution in [3.63, 3.8) is 0 Å². The average Bonchev–Trinajstić information content (AvgIpc) is 2.92. The quantitative estimate of drug-likeness (QED) is 0.0771. The normalized spacial score (nSPS) is 15.1. The lowest BCUT2D eigenvalue weighted by Crippen LogP contribution is -2.73. The number of carbonyl (C=O) groups is 4. The first-order valence-corrected chi connectivity index (χ1v) is 14.1. The molecule has 0 saturated carbocycles. The molecule has 0 aromatic heterocycles. The summed E-state index contributed by atoms with van der Waals surface area (Å²) in [6, 6.07) is 17.5. The number of aldehydes is 2. The van der Waals surface area contributed by atoms with Crippen molar-refractivity contribution in [1.29, 1.82) is 0 Å². The van der Waals surface area contributed by atoms with E-state index in [1.54, 1.807) is 13.8 Å². The molecule has 0 fully saturated rings. The van der Waals surface area contributed by atoms with E-state index < -0.39 is 29.8 Å². The molecule has 41 heavy (non-hydrogen) atoms. The van der Waals surface area contributed by atoms with E-state index in [1.807, 2.05) is 74.5 Å². The molecular formula is C31H44N4O6. The highest BCUT2D eigenvalue weighted by molar-refractivity contribution is 5.68. The van der Waals surface area contributed by atoms with Crippen molar-refractivity contribution in [2.24, 2.45) is 17.8 Å². The third-order valence-corrected chi connectivity index (χ3v) is 7.38. The number of carbonyl (C=O) groups excluding carboxylic acids is 2. The summed E-state index contributed by atoms with van der Waals surface area (Å²) < 4.78 is 0. The monoisotopic (exact) mass is 568 g/mol. The molecule has 0 aliphatic carbocycles. The molecule has 5 N–H and O–H groups in total. The van der Waals surface area contributed by atoms with Gasteiger partial charge in [0.15, 0.2) is 0 Å². The van der Waals surface area contributed by atoms with E-state index in [9.17, 15) is 29.4 Å². The molecule has 0 spiro atoms. The minimum Gasteiger partial charge on any atom is -0.465 e. The highest BCUT2D eigenvalue weighted by atomic mass is 16.4. The van der Waals surface area contributed by atoms with Crippen LogP contribution in [0.5, 0.6) is 0 Å². The smallest absolute Gasteiger partial charge is 0.419 e. The molecule has 10 nitrogen and oxygen atoms in total. The van der Waals surface area contributed by atoms with Gasteiger partial charge in [-0.3, -0.25) is 5.43 Å². The van der Waals surface area contributed by atoms with Crippen LogP contribution in [0.25, 0.3) is 0 Å². The van der Waals surface area contributed by atoms with Crippen molar-refractivity contribution in [3.8, 4) is 0 Å². The van der Waals surface area contributed by atoms with E-state index in [-0.39, 0.29) is 24.3 Å². The first-order valence-electron chi connectivity index (χ1n) is 14.1. The average molecular weight is 569 g/mol. The molecule has 2 aromatic rings. The van der Waals surface area contributed by atoms with Crippen molar-refractivity contribution < 1.29 is 29.4 Å². The molecule has 2 rings (SSSR count). The largest absolute Gasteiger partial charge is 0.465 e. The number of hydrogen-bond acceptors (Lipinski definition) is 6. The molecule has 0 aliphatic heterocycles. The van der Waals surface area contributed by atoms with Crippen LogP contribution in [0.15, 0.2) is 60.7 Å². The Morgan fingerprint density at radius 2 is 1.44 bits per heavy atom. The molecule has 10 heteroatoms. The standard InChI is InChI=1S/C31H44N4O6/c1-22(2)27(20-36)32-17-11-16-26(18-24-12-7-5-8-13-24)31(33-29(38)39,19-25-14-9-6-10-15-25)35(34-30(40)41)28(21-37)23(3)4/h5-10,12-15,20-23,26-28,32-34H,11,16-19H2,1-4H3,(H,38,39)(H,40,41)/t26-,27?,28+,31?/m0/s1. The number of amides is 2. The summed E-state index contributed by atoms with van der Waals surface area (Å²) in [4.78, 5) is 48.7. The Kier molecular flexibility index (Phi) is 13.5. The molecule has 2 aromatic carbocycles. The number of benzene rings is 2. The van der Waals surface area contributed by atoms with Crippen LogP contribution in [-0.2, 0) is 22.4 Å². The molecule has 0 saturated heterocycles. The maximum atomic E-state index is 12.5. The van der Waals surface area contributed by atoms with E-state index in [1.165, 1.54) is 5.01 Å². The number of rotatable bonds is 18. The minimum absolute atomic E-state index is 0.0887. The Morgan fingerprint density at radius 3 is 1.90 bits per heavy atom. The fourth-order valence-corrected chi connectivity index (χ4v) is 5.25. The zero-order chi connectivity index (χ0) is 30.4. The predicted molar refractivity (Wildman–Crippen MR) is 157 cm³/mol. The summed E-state index contributed by atoms with van der Waals surface area (Å²) in [5.41, 5.74) is 2.56. The zero-order valence-electron chi connectivity index (χ0n) is 24.3. The van der Waals surface area contributed by atoms with Crippen molar-refractivity contribution in [1.82, 2.24) is 21.1 Å². The summed E-state index contributed by atoms with van der Waals surface area (Å²) in [5, 5.41) is 27.4. The van der Waals surface area contributed by atoms with Crippen LogP contribution in [-0.4, -0.2) is 64.3 Å². The van der Waals surface area contributed by atoms with Gasteiger partial charge in [-0.2, -0.15) is 5.01 Å². The SMILES string of the molecule is CC(C)C(C=O)NCCC[C@@H](Cc1ccccc1)C(Cc1ccccc1)(NC(=O)O)N(NC(=O)O)[C@H](C=O)C(C)C. The maximum absolute atomic E-state index is 12.5. The van der Waals surface area contributed by atoms with E-state index in [0.717, 1.165) is 17.4 Å². The second-order valence-electron chi connectivity index (χ2n) is 11.1. The molecule has 224 valence electrons. The number of hydrogen-bond donors (Lipinski definition) is 5. The van der Waals surface area contributed by atoms with Crippen LogP contribution in [0.4, 0.5) is 9.59 Å². The summed E-state index contributed by atoms with van der Waals surface area (Å²) in [5.74, 6) is -0.735. The highest BCUT2D eigenvalue weighted by Crippen LogP contribution is 2.35. The van der Waals surface area contributed by atoms with Gasteiger partial charge in [-0.1, -0.05) is 88.4 Å². The Bertz CT molecular complexity index is 1100. The van der Waals surface area contributed by atoms with Gasteiger partial charge in [0.1, 0.15) is 18.2 Å². The van der Waals surface area contributed by atoms with Crippen molar-refractivity contribution in [2.45, 2.75) is 71.1 Å². The summed E-state index contributed by atoms with van der Waals surface area (Å²) in [6.45, 7) is 7.96. The second-order valence-corrected chi connectivity index (χ2v) is 11.1. The number of hydrazine groups is 1. The summed E-state index contributed by atoms with van der Waals surface area (Å²) in [6.07, 6.45) is 0.301. The number of nitrogens with zero attached hydrogens (tertiary/aromatic N) is 1. The number of nitrogens with one attached hydrogen (secondary N) is 3. The molecule has 0 aliphatic rings. The van der Waals surface area contributed by atoms with E-state index in [2.05, 4.69) is 16.1 Å². The number of carboxylic acid groups (broad SMARTS) is 2. The van der Waals surface area contributed by atoms with Gasteiger partial charge >= 0.3 is 12.2 Å². The summed E-state index contributed by atoms with van der Waals surface area (Å²) in [7, 11) is 0. The fraction of sp³-hybridized carbons (Fsp3) is 0.484. The molecule has 0 bridgehead atoms. The molecular weight excluding hydrogens is 524 g/mol. The lowest BCUT2D eigenvalue weighted by Gasteiger charge is -2.51. The maximum Gasteiger partial charge on any atom is 0.419 e. The first-order chi connectivity index (χ1) is 19.5. The highest BCUT2D eigenvalue weighted by Gasteiger charge is 2.49. The first kappa shape index (κ1) is 33.4. The lowest BCUT2D eigenvalue weighted by atomic mass is 9.77. The van der Waals surface area contributed by atoms with Crippen molar-refractivity contribution >= 4 is 24.8 Å². The molecule has 2 amide bonds. The van der Waals surface area contributed by atoms with Crippen molar-refractivity contribution in [2.75, 3.05) is 6.54 Å². The molecule has 0 heterocycles. The van der Waals surface area contributed by atoms with E-state index >= 15 is 0 Å². The third-order valence-electron chi connectivity index (χ3n) is 7.38. The second kappa shape index (κ2) is 16.5. The Balaban J connectivity index is 2.71. The van der Waals surface area contributed by atoms with Gasteiger partial charge in [0.25, 0.3) is 0 Å². The van der Waals surface area contributed by atoms with Gasteiger partial charge in [0, 0.05) is 12.3 Å². The molecule has 0 radical (unpaired) electrons. The van der Waals surface area contributed by atoms with Crippen LogP contribution in [0.1, 0.15) is 51.7 Å². The van der Waals surface area contributed by atoms with Crippen molar-refractivity contribution in [3.05, 3.63) is 71.8 Å². The Labute approximate surface area is 242 Å². The van der Waals surface area contributed by atoms with E-state index in [4.69, 9.17) is 0 Å². The van der Waals surface area contributed by atoms with Crippen LogP contribution in [0, 0.1) is 17.8 Å². The third kappa shape index (κ3) is 9.98. The predicted octanol–water partition coefficient (Wildman–Crippen LogP) is 4.35. The minimum atomic E-state index is -1.56.